The number of hydrogen-bond acceptors (Lipinski definition) is 5. The van der Waals surface area contributed by atoms with E-state index in [0.29, 0.717) is 5.82 Å². The number of amides is 2. The number of rotatable bonds is 5. The Morgan fingerprint density at radius 2 is 2.05 bits per heavy atom. The summed E-state index contributed by atoms with van der Waals surface area (Å²) >= 11 is 0. The molecule has 1 saturated heterocycles. The lowest BCUT2D eigenvalue weighted by molar-refractivity contribution is -0.119. The third-order valence-electron chi connectivity index (χ3n) is 3.58. The topological polar surface area (TPSA) is 117 Å². The number of primary amides is 1. The minimum atomic E-state index is -0.526. The monoisotopic (exact) mass is 294 g/mol. The molecule has 0 spiro atoms. The highest BCUT2D eigenvalue weighted by Crippen LogP contribution is 2.15. The van der Waals surface area contributed by atoms with E-state index in [0.717, 1.165) is 25.9 Å². The maximum Gasteiger partial charge on any atom is 0.294 e. The summed E-state index contributed by atoms with van der Waals surface area (Å²) in [5, 5.41) is 9.95. The number of aromatic nitrogens is 3. The number of nitrogens with zero attached hydrogens (tertiary/aromatic N) is 3. The van der Waals surface area contributed by atoms with E-state index in [9.17, 15) is 9.59 Å². The van der Waals surface area contributed by atoms with Gasteiger partial charge in [-0.3, -0.25) is 14.7 Å². The zero-order chi connectivity index (χ0) is 15.4. The normalized spacial score (nSPS) is 16.1. The third kappa shape index (κ3) is 3.78. The van der Waals surface area contributed by atoms with Crippen LogP contribution in [0.3, 0.4) is 0 Å². The molecule has 0 aromatic carbocycles. The summed E-state index contributed by atoms with van der Waals surface area (Å²) in [4.78, 5) is 29.5. The molecule has 8 nitrogen and oxygen atoms in total. The molecule has 2 heterocycles. The van der Waals surface area contributed by atoms with Gasteiger partial charge in [-0.25, -0.2) is 4.98 Å². The summed E-state index contributed by atoms with van der Waals surface area (Å²) in [6.07, 6.45) is 1.58. The molecule has 0 saturated carbocycles. The second-order valence-corrected chi connectivity index (χ2v) is 5.58. The van der Waals surface area contributed by atoms with Crippen LogP contribution in [0.5, 0.6) is 0 Å². The average Bonchev–Trinajstić information content (AvgIpc) is 2.95. The van der Waals surface area contributed by atoms with Gasteiger partial charge in [0.05, 0.1) is 0 Å². The molecular weight excluding hydrogens is 272 g/mol. The van der Waals surface area contributed by atoms with Crippen LogP contribution in [0.2, 0.25) is 0 Å². The molecule has 8 heteroatoms. The highest BCUT2D eigenvalue weighted by atomic mass is 16.2. The highest BCUT2D eigenvalue weighted by Gasteiger charge is 2.29. The largest absolute Gasteiger partial charge is 0.368 e. The lowest BCUT2D eigenvalue weighted by Crippen LogP contribution is -2.49. The molecular formula is C13H22N6O2. The van der Waals surface area contributed by atoms with E-state index in [1.54, 1.807) is 0 Å². The first-order valence-corrected chi connectivity index (χ1v) is 7.21. The quantitative estimate of drug-likeness (QED) is 0.683. The van der Waals surface area contributed by atoms with E-state index in [4.69, 9.17) is 5.73 Å². The minimum Gasteiger partial charge on any atom is -0.368 e. The summed E-state index contributed by atoms with van der Waals surface area (Å²) in [6, 6.07) is -0.00718. The van der Waals surface area contributed by atoms with Gasteiger partial charge in [-0.1, -0.05) is 13.8 Å². The number of nitrogens with one attached hydrogen (secondary N) is 2. The van der Waals surface area contributed by atoms with Gasteiger partial charge in [-0.15, -0.1) is 5.10 Å². The first-order valence-electron chi connectivity index (χ1n) is 7.21. The number of aromatic amines is 1. The van der Waals surface area contributed by atoms with Crippen LogP contribution >= 0.6 is 0 Å². The van der Waals surface area contributed by atoms with Crippen LogP contribution in [0, 0.1) is 0 Å². The average molecular weight is 294 g/mol. The maximum atomic E-state index is 12.6. The van der Waals surface area contributed by atoms with Gasteiger partial charge in [0.25, 0.3) is 5.91 Å². The summed E-state index contributed by atoms with van der Waals surface area (Å²) < 4.78 is 0. The van der Waals surface area contributed by atoms with Crippen molar-refractivity contribution in [3.05, 3.63) is 11.6 Å². The number of H-pyrrole nitrogens is 1. The highest BCUT2D eigenvalue weighted by molar-refractivity contribution is 5.93. The van der Waals surface area contributed by atoms with Crippen LogP contribution in [-0.4, -0.2) is 57.6 Å². The molecule has 0 unspecified atom stereocenters. The predicted molar refractivity (Wildman–Crippen MR) is 76.6 cm³/mol. The molecule has 1 fully saturated rings. The van der Waals surface area contributed by atoms with Crippen molar-refractivity contribution < 1.29 is 9.59 Å². The number of carbonyl (C=O) groups excluding carboxylic acids is 2. The number of nitrogens with two attached hydrogens (primary N) is 1. The van der Waals surface area contributed by atoms with Crippen molar-refractivity contribution in [1.82, 2.24) is 25.4 Å². The molecule has 1 aromatic heterocycles. The van der Waals surface area contributed by atoms with Crippen molar-refractivity contribution in [2.75, 3.05) is 19.6 Å². The first-order chi connectivity index (χ1) is 9.99. The van der Waals surface area contributed by atoms with E-state index in [1.807, 2.05) is 13.8 Å². The molecule has 2 amide bonds. The number of hydrogen-bond donors (Lipinski definition) is 3. The van der Waals surface area contributed by atoms with E-state index >= 15 is 0 Å². The zero-order valence-electron chi connectivity index (χ0n) is 12.4. The summed E-state index contributed by atoms with van der Waals surface area (Å²) in [5.74, 6) is 0.0361. The van der Waals surface area contributed by atoms with Crippen LogP contribution in [0.15, 0.2) is 0 Å². The lowest BCUT2D eigenvalue weighted by Gasteiger charge is -2.33. The molecule has 116 valence electrons. The molecule has 21 heavy (non-hydrogen) atoms. The Kier molecular flexibility index (Phi) is 4.89. The van der Waals surface area contributed by atoms with Crippen LogP contribution < -0.4 is 11.1 Å². The molecule has 4 N–H and O–H groups in total. The Balaban J connectivity index is 2.17. The number of carbonyl (C=O) groups is 2. The van der Waals surface area contributed by atoms with Crippen molar-refractivity contribution in [3.8, 4) is 0 Å². The maximum absolute atomic E-state index is 12.6. The summed E-state index contributed by atoms with van der Waals surface area (Å²) in [5.41, 5.74) is 5.27. The van der Waals surface area contributed by atoms with Crippen LogP contribution in [-0.2, 0) is 4.79 Å². The smallest absolute Gasteiger partial charge is 0.294 e. The molecule has 2 rings (SSSR count). The standard InChI is InChI=1S/C13H22N6O2/c1-8(2)11-16-12(18-17-11)13(21)19(7-10(14)20)9-3-5-15-6-4-9/h8-9,15H,3-7H2,1-2H3,(H2,14,20)(H,16,17,18). The van der Waals surface area contributed by atoms with E-state index in [2.05, 4.69) is 20.5 Å². The summed E-state index contributed by atoms with van der Waals surface area (Å²) in [7, 11) is 0. The molecule has 1 aliphatic rings. The Hall–Kier alpha value is -1.96. The Bertz CT molecular complexity index is 507. The fourth-order valence-electron chi connectivity index (χ4n) is 2.41. The molecule has 0 aliphatic carbocycles. The van der Waals surface area contributed by atoms with Crippen LogP contribution in [0.4, 0.5) is 0 Å². The predicted octanol–water partition coefficient (Wildman–Crippen LogP) is -0.392. The fourth-order valence-corrected chi connectivity index (χ4v) is 2.41. The van der Waals surface area contributed by atoms with Gasteiger partial charge in [0.1, 0.15) is 12.4 Å². The van der Waals surface area contributed by atoms with E-state index in [-0.39, 0.29) is 30.2 Å². The van der Waals surface area contributed by atoms with E-state index < -0.39 is 5.91 Å². The van der Waals surface area contributed by atoms with Gasteiger partial charge in [-0.2, -0.15) is 0 Å². The van der Waals surface area contributed by atoms with E-state index in [1.165, 1.54) is 4.90 Å². The van der Waals surface area contributed by atoms with Gasteiger partial charge in [0, 0.05) is 12.0 Å². The minimum absolute atomic E-state index is 0.00718. The zero-order valence-corrected chi connectivity index (χ0v) is 12.4. The Morgan fingerprint density at radius 3 is 2.57 bits per heavy atom. The second kappa shape index (κ2) is 6.66. The molecule has 0 radical (unpaired) electrons. The van der Waals surface area contributed by atoms with Gasteiger partial charge in [0.2, 0.25) is 11.7 Å². The van der Waals surface area contributed by atoms with Crippen molar-refractivity contribution in [2.24, 2.45) is 5.73 Å². The van der Waals surface area contributed by atoms with Crippen LogP contribution in [0.1, 0.15) is 49.1 Å². The van der Waals surface area contributed by atoms with Crippen molar-refractivity contribution in [1.29, 1.82) is 0 Å². The van der Waals surface area contributed by atoms with Gasteiger partial charge < -0.3 is 16.0 Å². The molecule has 0 bridgehead atoms. The van der Waals surface area contributed by atoms with Gasteiger partial charge in [-0.05, 0) is 25.9 Å². The summed E-state index contributed by atoms with van der Waals surface area (Å²) in [6.45, 7) is 5.46. The fraction of sp³-hybridized carbons (Fsp3) is 0.692. The van der Waals surface area contributed by atoms with Gasteiger partial charge >= 0.3 is 0 Å². The molecule has 1 aromatic rings. The molecule has 0 atom stereocenters. The number of piperidine rings is 1. The Morgan fingerprint density at radius 1 is 1.38 bits per heavy atom. The first kappa shape index (κ1) is 15.4. The van der Waals surface area contributed by atoms with Crippen molar-refractivity contribution >= 4 is 11.8 Å². The molecule has 1 aliphatic heterocycles. The Labute approximate surface area is 123 Å². The third-order valence-corrected chi connectivity index (χ3v) is 3.58. The SMILES string of the molecule is CC(C)c1nc(C(=O)N(CC(N)=O)C2CCNCC2)n[nH]1. The van der Waals surface area contributed by atoms with Crippen LogP contribution in [0.25, 0.3) is 0 Å². The van der Waals surface area contributed by atoms with Crippen molar-refractivity contribution in [2.45, 2.75) is 38.6 Å². The van der Waals surface area contributed by atoms with Gasteiger partial charge in [0.15, 0.2) is 0 Å². The second-order valence-electron chi connectivity index (χ2n) is 5.58. The lowest BCUT2D eigenvalue weighted by atomic mass is 10.0. The van der Waals surface area contributed by atoms with Crippen molar-refractivity contribution in [3.63, 3.8) is 0 Å².